The van der Waals surface area contributed by atoms with Gasteiger partial charge in [-0.2, -0.15) is 5.26 Å². The molecule has 0 bridgehead atoms. The second-order valence-corrected chi connectivity index (χ2v) is 8.88. The molecule has 0 unspecified atom stereocenters. The lowest BCUT2D eigenvalue weighted by atomic mass is 9.96. The molecule has 3 aromatic carbocycles. The quantitative estimate of drug-likeness (QED) is 0.561. The number of ether oxygens (including phenoxy) is 2. The summed E-state index contributed by atoms with van der Waals surface area (Å²) in [5.41, 5.74) is 4.54. The first kappa shape index (κ1) is 22.8. The summed E-state index contributed by atoms with van der Waals surface area (Å²) in [5, 5.41) is 23.7. The van der Waals surface area contributed by atoms with E-state index in [-0.39, 0.29) is 41.2 Å². The number of carbonyl (C=O) groups excluding carboxylic acids is 1. The van der Waals surface area contributed by atoms with Crippen LogP contribution in [0, 0.1) is 11.3 Å². The van der Waals surface area contributed by atoms with Crippen molar-refractivity contribution < 1.29 is 19.4 Å². The lowest BCUT2D eigenvalue weighted by Gasteiger charge is -2.31. The molecule has 2 N–H and O–H groups in total. The van der Waals surface area contributed by atoms with Crippen molar-refractivity contribution in [2.75, 3.05) is 25.1 Å². The smallest absolute Gasteiger partial charge is 0.261 e. The van der Waals surface area contributed by atoms with E-state index in [1.54, 1.807) is 4.90 Å². The van der Waals surface area contributed by atoms with Gasteiger partial charge >= 0.3 is 0 Å². The number of hydrogen-bond donors (Lipinski definition) is 2. The van der Waals surface area contributed by atoms with Crippen LogP contribution in [0.1, 0.15) is 39.0 Å². The third-order valence-electron chi connectivity index (χ3n) is 6.51. The van der Waals surface area contributed by atoms with Crippen LogP contribution in [0.25, 0.3) is 0 Å². The van der Waals surface area contributed by atoms with Gasteiger partial charge in [0, 0.05) is 25.4 Å². The highest BCUT2D eigenvalue weighted by atomic mass is 16.5. The number of anilines is 1. The van der Waals surface area contributed by atoms with Gasteiger partial charge in [0.05, 0.1) is 24.3 Å². The highest BCUT2D eigenvalue weighted by Gasteiger charge is 2.29. The summed E-state index contributed by atoms with van der Waals surface area (Å²) in [6.07, 6.45) is 1.67. The SMILES string of the molecule is N#Cc1cc(O)c(C(=O)N2CCc3cccc(N[C@@H]4CCOC4)c3C2)c(OCc2ccccc2)c1. The number of phenolic OH excluding ortho intramolecular Hbond substituents is 1. The van der Waals surface area contributed by atoms with Crippen LogP contribution in [-0.4, -0.2) is 41.7 Å². The summed E-state index contributed by atoms with van der Waals surface area (Å²) < 4.78 is 11.5. The van der Waals surface area contributed by atoms with Gasteiger partial charge in [-0.05, 0) is 47.7 Å². The van der Waals surface area contributed by atoms with E-state index in [9.17, 15) is 15.2 Å². The fourth-order valence-corrected chi connectivity index (χ4v) is 4.65. The van der Waals surface area contributed by atoms with Crippen LogP contribution in [0.15, 0.2) is 60.7 Å². The average Bonchev–Trinajstić information content (AvgIpc) is 3.40. The third kappa shape index (κ3) is 4.93. The Labute approximate surface area is 204 Å². The molecule has 0 aromatic heterocycles. The third-order valence-corrected chi connectivity index (χ3v) is 6.51. The molecule has 1 atom stereocenters. The average molecular weight is 470 g/mol. The maximum Gasteiger partial charge on any atom is 0.261 e. The zero-order valence-electron chi connectivity index (χ0n) is 19.4. The van der Waals surface area contributed by atoms with Crippen molar-refractivity contribution in [2.45, 2.75) is 32.0 Å². The van der Waals surface area contributed by atoms with Gasteiger partial charge in [-0.25, -0.2) is 0 Å². The maximum absolute atomic E-state index is 13.7. The maximum atomic E-state index is 13.7. The number of rotatable bonds is 6. The van der Waals surface area contributed by atoms with Crippen molar-refractivity contribution in [1.82, 2.24) is 4.90 Å². The Kier molecular flexibility index (Phi) is 6.55. The van der Waals surface area contributed by atoms with Gasteiger partial charge in [0.2, 0.25) is 0 Å². The molecule has 7 nitrogen and oxygen atoms in total. The lowest BCUT2D eigenvalue weighted by Crippen LogP contribution is -2.37. The molecule has 1 saturated heterocycles. The Morgan fingerprint density at radius 2 is 2.06 bits per heavy atom. The zero-order valence-corrected chi connectivity index (χ0v) is 19.4. The normalized spacial score (nSPS) is 16.9. The second-order valence-electron chi connectivity index (χ2n) is 8.88. The van der Waals surface area contributed by atoms with Gasteiger partial charge in [-0.15, -0.1) is 0 Å². The Morgan fingerprint density at radius 3 is 2.83 bits per heavy atom. The molecule has 7 heteroatoms. The van der Waals surface area contributed by atoms with Gasteiger partial charge in [0.1, 0.15) is 23.7 Å². The zero-order chi connectivity index (χ0) is 24.2. The largest absolute Gasteiger partial charge is 0.507 e. The van der Waals surface area contributed by atoms with Crippen LogP contribution in [0.4, 0.5) is 5.69 Å². The Morgan fingerprint density at radius 1 is 1.20 bits per heavy atom. The fraction of sp³-hybridized carbons (Fsp3) is 0.286. The molecular formula is C28H27N3O4. The Hall–Kier alpha value is -4.02. The van der Waals surface area contributed by atoms with Gasteiger partial charge in [-0.3, -0.25) is 4.79 Å². The lowest BCUT2D eigenvalue weighted by molar-refractivity contribution is 0.0727. The van der Waals surface area contributed by atoms with Crippen LogP contribution < -0.4 is 10.1 Å². The first-order chi connectivity index (χ1) is 17.1. The summed E-state index contributed by atoms with van der Waals surface area (Å²) in [4.78, 5) is 15.4. The Bertz CT molecular complexity index is 1260. The molecule has 1 fully saturated rings. The molecule has 2 heterocycles. The molecule has 2 aliphatic heterocycles. The fourth-order valence-electron chi connectivity index (χ4n) is 4.65. The van der Waals surface area contributed by atoms with E-state index in [0.717, 1.165) is 36.3 Å². The van der Waals surface area contributed by atoms with Crippen molar-refractivity contribution in [3.8, 4) is 17.6 Å². The Balaban J connectivity index is 1.41. The van der Waals surface area contributed by atoms with E-state index >= 15 is 0 Å². The minimum Gasteiger partial charge on any atom is -0.507 e. The second kappa shape index (κ2) is 10.1. The number of nitrogens with zero attached hydrogens (tertiary/aromatic N) is 2. The van der Waals surface area contributed by atoms with E-state index in [1.807, 2.05) is 48.5 Å². The number of nitriles is 1. The van der Waals surface area contributed by atoms with Crippen LogP contribution in [0.2, 0.25) is 0 Å². The van der Waals surface area contributed by atoms with Crippen molar-refractivity contribution in [1.29, 1.82) is 5.26 Å². The predicted molar refractivity (Wildman–Crippen MR) is 131 cm³/mol. The molecule has 1 amide bonds. The summed E-state index contributed by atoms with van der Waals surface area (Å²) in [5.74, 6) is -0.368. The molecule has 2 aliphatic rings. The first-order valence-electron chi connectivity index (χ1n) is 11.8. The first-order valence-corrected chi connectivity index (χ1v) is 11.8. The number of benzene rings is 3. The van der Waals surface area contributed by atoms with Crippen LogP contribution in [-0.2, 0) is 24.3 Å². The summed E-state index contributed by atoms with van der Waals surface area (Å²) in [6, 6.07) is 20.8. The van der Waals surface area contributed by atoms with Crippen LogP contribution in [0.5, 0.6) is 11.5 Å². The number of hydrogen-bond acceptors (Lipinski definition) is 6. The number of amides is 1. The molecular weight excluding hydrogens is 442 g/mol. The van der Waals surface area contributed by atoms with Crippen molar-refractivity contribution in [2.24, 2.45) is 0 Å². The van der Waals surface area contributed by atoms with Crippen LogP contribution in [0.3, 0.4) is 0 Å². The van der Waals surface area contributed by atoms with Gasteiger partial charge < -0.3 is 24.8 Å². The number of carbonyl (C=O) groups is 1. The molecule has 0 radical (unpaired) electrons. The molecule has 0 spiro atoms. The molecule has 35 heavy (non-hydrogen) atoms. The molecule has 0 aliphatic carbocycles. The minimum atomic E-state index is -0.320. The summed E-state index contributed by atoms with van der Waals surface area (Å²) in [7, 11) is 0. The van der Waals surface area contributed by atoms with E-state index in [2.05, 4.69) is 11.4 Å². The van der Waals surface area contributed by atoms with Crippen molar-refractivity contribution in [3.63, 3.8) is 0 Å². The van der Waals surface area contributed by atoms with Gasteiger partial charge in [-0.1, -0.05) is 42.5 Å². The van der Waals surface area contributed by atoms with E-state index in [1.165, 1.54) is 17.7 Å². The minimum absolute atomic E-state index is 0.0815. The predicted octanol–water partition coefficient (Wildman–Crippen LogP) is 4.24. The van der Waals surface area contributed by atoms with Gasteiger partial charge in [0.15, 0.2) is 0 Å². The van der Waals surface area contributed by atoms with E-state index in [0.29, 0.717) is 19.7 Å². The van der Waals surface area contributed by atoms with Crippen LogP contribution >= 0.6 is 0 Å². The summed E-state index contributed by atoms with van der Waals surface area (Å²) >= 11 is 0. The number of phenols is 1. The molecule has 178 valence electrons. The topological polar surface area (TPSA) is 94.8 Å². The van der Waals surface area contributed by atoms with Crippen molar-refractivity contribution in [3.05, 3.63) is 88.5 Å². The number of fused-ring (bicyclic) bond motifs is 1. The van der Waals surface area contributed by atoms with Gasteiger partial charge in [0.25, 0.3) is 5.91 Å². The highest BCUT2D eigenvalue weighted by Crippen LogP contribution is 2.34. The number of nitrogens with one attached hydrogen (secondary N) is 1. The molecule has 5 rings (SSSR count). The standard InChI is InChI=1S/C28H27N3O4/c29-15-20-13-25(32)27(26(14-20)35-17-19-5-2-1-3-6-19)28(33)31-11-9-21-7-4-8-24(23(21)16-31)30-22-10-12-34-18-22/h1-8,13-14,22,30,32H,9-12,16-18H2/t22-/m1/s1. The highest BCUT2D eigenvalue weighted by molar-refractivity contribution is 6.00. The monoisotopic (exact) mass is 469 g/mol. The van der Waals surface area contributed by atoms with E-state index < -0.39 is 0 Å². The van der Waals surface area contributed by atoms with E-state index in [4.69, 9.17) is 9.47 Å². The molecule has 0 saturated carbocycles. The van der Waals surface area contributed by atoms with Crippen molar-refractivity contribution >= 4 is 11.6 Å². The molecule has 3 aromatic rings. The summed E-state index contributed by atoms with van der Waals surface area (Å²) in [6.45, 7) is 2.59. The number of aromatic hydroxyl groups is 1.